The number of carbonyl (C=O) groups is 1. The van der Waals surface area contributed by atoms with Crippen LogP contribution in [-0.4, -0.2) is 22.8 Å². The Balaban J connectivity index is 3.39. The Labute approximate surface area is 87.7 Å². The van der Waals surface area contributed by atoms with Crippen LogP contribution in [0.15, 0.2) is 0 Å². The molecule has 0 aliphatic carbocycles. The molecule has 0 fully saturated rings. The molecule has 6 N–H and O–H groups in total. The second-order valence-electron chi connectivity index (χ2n) is 3.63. The van der Waals surface area contributed by atoms with E-state index in [9.17, 15) is 4.79 Å². The van der Waals surface area contributed by atoms with Gasteiger partial charge in [-0.1, -0.05) is 13.8 Å². The number of carbonyl (C=O) groups excluding carboxylic acids is 1. The van der Waals surface area contributed by atoms with Gasteiger partial charge >= 0.3 is 0 Å². The van der Waals surface area contributed by atoms with Crippen molar-refractivity contribution in [1.82, 2.24) is 9.89 Å². The molecule has 0 unspecified atom stereocenters. The molecular weight excluding hydrogens is 196 g/mol. The molecule has 0 spiro atoms. The van der Waals surface area contributed by atoms with Crippen molar-refractivity contribution in [3.8, 4) is 0 Å². The Bertz CT molecular complexity index is 381. The van der Waals surface area contributed by atoms with Gasteiger partial charge in [0.05, 0.1) is 11.4 Å². The zero-order valence-electron chi connectivity index (χ0n) is 9.06. The van der Waals surface area contributed by atoms with Crippen LogP contribution in [0.2, 0.25) is 0 Å². The standard InChI is InChI=1S/C8H16N6O/c1-4(2)6-5(9)7(8(10)15)14(12-6)13(3)11/h4H,9,11H2,1-3H3,(H2,10,15). The molecule has 15 heavy (non-hydrogen) atoms. The molecule has 84 valence electrons. The average Bonchev–Trinajstić information content (AvgIpc) is 2.42. The first-order valence-electron chi connectivity index (χ1n) is 4.53. The van der Waals surface area contributed by atoms with E-state index in [1.165, 1.54) is 4.79 Å². The SMILES string of the molecule is CC(C)c1nn(N(C)N)c(C(N)=O)c1N. The van der Waals surface area contributed by atoms with Crippen molar-refractivity contribution in [3.63, 3.8) is 0 Å². The summed E-state index contributed by atoms with van der Waals surface area (Å²) in [6.07, 6.45) is 0. The third-order valence-corrected chi connectivity index (χ3v) is 2.01. The molecular formula is C8H16N6O. The molecule has 1 amide bonds. The maximum Gasteiger partial charge on any atom is 0.271 e. The van der Waals surface area contributed by atoms with Crippen molar-refractivity contribution >= 4 is 11.6 Å². The van der Waals surface area contributed by atoms with E-state index >= 15 is 0 Å². The van der Waals surface area contributed by atoms with E-state index in [2.05, 4.69) is 5.10 Å². The highest BCUT2D eigenvalue weighted by atomic mass is 16.1. The maximum absolute atomic E-state index is 11.2. The Morgan fingerprint density at radius 1 is 1.53 bits per heavy atom. The average molecular weight is 212 g/mol. The molecule has 0 radical (unpaired) electrons. The summed E-state index contributed by atoms with van der Waals surface area (Å²) >= 11 is 0. The first-order chi connectivity index (χ1) is 6.86. The molecule has 1 heterocycles. The molecule has 1 aromatic rings. The second kappa shape index (κ2) is 3.77. The topological polar surface area (TPSA) is 116 Å². The quantitative estimate of drug-likeness (QED) is 0.445. The number of rotatable bonds is 3. The van der Waals surface area contributed by atoms with Gasteiger partial charge in [0.15, 0.2) is 5.69 Å². The number of hydrogen-bond acceptors (Lipinski definition) is 5. The summed E-state index contributed by atoms with van der Waals surface area (Å²) < 4.78 is 0. The first kappa shape index (κ1) is 11.3. The highest BCUT2D eigenvalue weighted by Crippen LogP contribution is 2.23. The summed E-state index contributed by atoms with van der Waals surface area (Å²) in [6, 6.07) is 0. The van der Waals surface area contributed by atoms with Crippen molar-refractivity contribution in [2.75, 3.05) is 17.9 Å². The van der Waals surface area contributed by atoms with Crippen LogP contribution in [0.25, 0.3) is 0 Å². The van der Waals surface area contributed by atoms with Crippen molar-refractivity contribution in [2.45, 2.75) is 19.8 Å². The fraction of sp³-hybridized carbons (Fsp3) is 0.500. The largest absolute Gasteiger partial charge is 0.395 e. The molecule has 0 saturated heterocycles. The predicted molar refractivity (Wildman–Crippen MR) is 57.6 cm³/mol. The van der Waals surface area contributed by atoms with E-state index in [4.69, 9.17) is 17.3 Å². The van der Waals surface area contributed by atoms with Crippen LogP contribution in [0.5, 0.6) is 0 Å². The summed E-state index contributed by atoms with van der Waals surface area (Å²) in [7, 11) is 1.54. The third-order valence-electron chi connectivity index (χ3n) is 2.01. The molecule has 1 aromatic heterocycles. The van der Waals surface area contributed by atoms with E-state index in [1.54, 1.807) is 7.05 Å². The first-order valence-corrected chi connectivity index (χ1v) is 4.53. The van der Waals surface area contributed by atoms with Crippen molar-refractivity contribution in [1.29, 1.82) is 0 Å². The number of primary amides is 1. The lowest BCUT2D eigenvalue weighted by Crippen LogP contribution is -2.41. The van der Waals surface area contributed by atoms with Crippen molar-refractivity contribution < 1.29 is 4.79 Å². The number of hydrazine groups is 1. The molecule has 0 aliphatic heterocycles. The fourth-order valence-electron chi connectivity index (χ4n) is 1.32. The van der Waals surface area contributed by atoms with E-state index in [0.29, 0.717) is 5.69 Å². The van der Waals surface area contributed by atoms with Crippen LogP contribution in [-0.2, 0) is 0 Å². The molecule has 7 heteroatoms. The zero-order valence-corrected chi connectivity index (χ0v) is 9.06. The highest BCUT2D eigenvalue weighted by molar-refractivity contribution is 5.97. The summed E-state index contributed by atoms with van der Waals surface area (Å²) in [4.78, 5) is 12.4. The fourth-order valence-corrected chi connectivity index (χ4v) is 1.32. The number of aromatic nitrogens is 2. The van der Waals surface area contributed by atoms with Gasteiger partial charge in [-0.15, -0.1) is 0 Å². The van der Waals surface area contributed by atoms with Gasteiger partial charge in [0.1, 0.15) is 0 Å². The smallest absolute Gasteiger partial charge is 0.271 e. The molecule has 0 aliphatic rings. The van der Waals surface area contributed by atoms with Gasteiger partial charge in [0.2, 0.25) is 0 Å². The maximum atomic E-state index is 11.2. The Morgan fingerprint density at radius 3 is 2.33 bits per heavy atom. The third kappa shape index (κ3) is 1.86. The van der Waals surface area contributed by atoms with Gasteiger partial charge in [-0.05, 0) is 5.92 Å². The summed E-state index contributed by atoms with van der Waals surface area (Å²) in [5.41, 5.74) is 12.0. The normalized spacial score (nSPS) is 10.7. The van der Waals surface area contributed by atoms with E-state index in [-0.39, 0.29) is 17.3 Å². The van der Waals surface area contributed by atoms with Gasteiger partial charge in [-0.2, -0.15) is 9.89 Å². The van der Waals surface area contributed by atoms with Gasteiger partial charge < -0.3 is 11.5 Å². The van der Waals surface area contributed by atoms with Crippen LogP contribution in [0, 0.1) is 0 Å². The minimum absolute atomic E-state index is 0.101. The highest BCUT2D eigenvalue weighted by Gasteiger charge is 2.22. The minimum Gasteiger partial charge on any atom is -0.395 e. The lowest BCUT2D eigenvalue weighted by molar-refractivity contribution is 0.0990. The Morgan fingerprint density at radius 2 is 2.07 bits per heavy atom. The van der Waals surface area contributed by atoms with Gasteiger partial charge in [0, 0.05) is 7.05 Å². The van der Waals surface area contributed by atoms with E-state index in [1.807, 2.05) is 13.8 Å². The molecule has 1 rings (SSSR count). The summed E-state index contributed by atoms with van der Waals surface area (Å²) in [5.74, 6) is 4.96. The van der Waals surface area contributed by atoms with Crippen molar-refractivity contribution in [3.05, 3.63) is 11.4 Å². The molecule has 0 saturated carbocycles. The lowest BCUT2D eigenvalue weighted by atomic mass is 10.1. The van der Waals surface area contributed by atoms with Crippen molar-refractivity contribution in [2.24, 2.45) is 11.6 Å². The lowest BCUT2D eigenvalue weighted by Gasteiger charge is -2.13. The number of nitrogens with two attached hydrogens (primary N) is 3. The molecule has 7 nitrogen and oxygen atoms in total. The minimum atomic E-state index is -0.649. The Kier molecular flexibility index (Phi) is 2.85. The van der Waals surface area contributed by atoms with Gasteiger partial charge in [-0.25, -0.2) is 11.0 Å². The molecule has 0 atom stereocenters. The second-order valence-corrected chi connectivity index (χ2v) is 3.63. The predicted octanol–water partition coefficient (Wildman–Crippen LogP) is -0.871. The zero-order chi connectivity index (χ0) is 11.7. The van der Waals surface area contributed by atoms with Crippen LogP contribution in [0.1, 0.15) is 35.9 Å². The molecule has 0 bridgehead atoms. The summed E-state index contributed by atoms with van der Waals surface area (Å²) in [5, 5.41) is 5.28. The number of hydrogen-bond donors (Lipinski definition) is 3. The summed E-state index contributed by atoms with van der Waals surface area (Å²) in [6.45, 7) is 3.84. The van der Waals surface area contributed by atoms with Crippen LogP contribution in [0.4, 0.5) is 5.69 Å². The monoisotopic (exact) mass is 212 g/mol. The van der Waals surface area contributed by atoms with Gasteiger partial charge in [-0.3, -0.25) is 4.79 Å². The van der Waals surface area contributed by atoms with Crippen LogP contribution < -0.4 is 22.4 Å². The van der Waals surface area contributed by atoms with Crippen LogP contribution in [0.3, 0.4) is 0 Å². The Hall–Kier alpha value is -1.76. The van der Waals surface area contributed by atoms with Gasteiger partial charge in [0.25, 0.3) is 5.91 Å². The molecule has 0 aromatic carbocycles. The number of amides is 1. The number of nitrogen functional groups attached to an aromatic ring is 1. The van der Waals surface area contributed by atoms with Crippen LogP contribution >= 0.6 is 0 Å². The number of nitrogens with zero attached hydrogens (tertiary/aromatic N) is 3. The van der Waals surface area contributed by atoms with E-state index in [0.717, 1.165) is 5.12 Å². The van der Waals surface area contributed by atoms with E-state index < -0.39 is 5.91 Å². The number of anilines is 1.